The third kappa shape index (κ3) is 16.3. The first-order valence-corrected chi connectivity index (χ1v) is 1.76. The number of aliphatic hydroxyl groups is 1. The van der Waals surface area contributed by atoms with Crippen molar-refractivity contribution in [3.05, 3.63) is 0 Å². The fourth-order valence-corrected chi connectivity index (χ4v) is 0. The van der Waals surface area contributed by atoms with Crippen molar-refractivity contribution in [2.75, 3.05) is 12.4 Å². The van der Waals surface area contributed by atoms with Crippen LogP contribution < -0.4 is 29.6 Å². The van der Waals surface area contributed by atoms with Gasteiger partial charge >= 0.3 is 29.6 Å². The van der Waals surface area contributed by atoms with Crippen molar-refractivity contribution in [1.82, 2.24) is 0 Å². The third-order valence-corrected chi connectivity index (χ3v) is 0.300. The Balaban J connectivity index is -0.0000000150. The SMILES string of the molecule is OCCS.[H-].[Hg].[Na+]. The fourth-order valence-electron chi connectivity index (χ4n) is 0. The van der Waals surface area contributed by atoms with Crippen molar-refractivity contribution < 1.29 is 63.8 Å². The van der Waals surface area contributed by atoms with Crippen LogP contribution in [0, 0.1) is 0 Å². The van der Waals surface area contributed by atoms with Gasteiger partial charge in [0.05, 0.1) is 6.61 Å². The Hall–Kier alpha value is 2.25. The summed E-state index contributed by atoms with van der Waals surface area (Å²) in [6.07, 6.45) is 0. The minimum atomic E-state index is 0. The fraction of sp³-hybridized carbons (Fsp3) is 1.00. The molecule has 0 aliphatic carbocycles. The van der Waals surface area contributed by atoms with Crippen LogP contribution in [0.1, 0.15) is 1.43 Å². The quantitative estimate of drug-likeness (QED) is 0.391. The summed E-state index contributed by atoms with van der Waals surface area (Å²) in [5, 5.41) is 7.80. The van der Waals surface area contributed by atoms with E-state index >= 15 is 0 Å². The van der Waals surface area contributed by atoms with Crippen LogP contribution in [0.5, 0.6) is 0 Å². The van der Waals surface area contributed by atoms with Gasteiger partial charge in [-0.15, -0.1) is 0 Å². The van der Waals surface area contributed by atoms with E-state index in [0.717, 1.165) is 0 Å². The molecule has 0 saturated heterocycles. The van der Waals surface area contributed by atoms with Gasteiger partial charge in [-0.05, 0) is 0 Å². The van der Waals surface area contributed by atoms with Gasteiger partial charge in [0.2, 0.25) is 0 Å². The number of hydrogen-bond donors (Lipinski definition) is 2. The maximum absolute atomic E-state index is 7.80. The molecular weight excluding hydrogens is 296 g/mol. The van der Waals surface area contributed by atoms with Crippen molar-refractivity contribution in [2.45, 2.75) is 0 Å². The standard InChI is InChI=1S/C2H6OS.Hg.Na.H/c3-1-2-4;;;/h3-4H,1-2H2;;;/q;;+1;-1. The molecule has 1 nitrogen and oxygen atoms in total. The summed E-state index contributed by atoms with van der Waals surface area (Å²) in [6.45, 7) is 0.184. The maximum atomic E-state index is 7.80. The average molecular weight is 303 g/mol. The molecule has 0 fully saturated rings. The smallest absolute Gasteiger partial charge is 1.00 e. The normalized spacial score (nSPS) is 5.00. The van der Waals surface area contributed by atoms with Crippen LogP contribution in [0.15, 0.2) is 0 Å². The van der Waals surface area contributed by atoms with Crippen molar-refractivity contribution in [3.63, 3.8) is 0 Å². The summed E-state index contributed by atoms with van der Waals surface area (Å²) in [5.74, 6) is 0.569. The minimum Gasteiger partial charge on any atom is -1.00 e. The molecule has 0 unspecified atom stereocenters. The predicted octanol–water partition coefficient (Wildman–Crippen LogP) is -2.98. The Morgan fingerprint density at radius 3 is 1.83 bits per heavy atom. The van der Waals surface area contributed by atoms with Crippen LogP contribution in [0.4, 0.5) is 0 Å². The van der Waals surface area contributed by atoms with E-state index in [4.69, 9.17) is 5.11 Å². The van der Waals surface area contributed by atoms with E-state index in [9.17, 15) is 0 Å². The molecule has 0 aromatic carbocycles. The number of rotatable bonds is 1. The Morgan fingerprint density at radius 2 is 1.83 bits per heavy atom. The van der Waals surface area contributed by atoms with E-state index < -0.39 is 0 Å². The molecule has 30 valence electrons. The zero-order valence-electron chi connectivity index (χ0n) is 5.02. The molecule has 0 aromatic rings. The summed E-state index contributed by atoms with van der Waals surface area (Å²) >= 11 is 3.67. The van der Waals surface area contributed by atoms with Gasteiger partial charge in [0, 0.05) is 33.4 Å². The largest absolute Gasteiger partial charge is 1.00 e. The van der Waals surface area contributed by atoms with Gasteiger partial charge in [-0.2, -0.15) is 12.6 Å². The summed E-state index contributed by atoms with van der Waals surface area (Å²) < 4.78 is 0. The van der Waals surface area contributed by atoms with Crippen molar-refractivity contribution in [3.8, 4) is 0 Å². The number of thiol groups is 1. The van der Waals surface area contributed by atoms with Crippen LogP contribution in [-0.4, -0.2) is 17.5 Å². The van der Waals surface area contributed by atoms with Gasteiger partial charge in [-0.1, -0.05) is 0 Å². The van der Waals surface area contributed by atoms with E-state index in [-0.39, 0.29) is 65.3 Å². The second kappa shape index (κ2) is 15.7. The molecule has 0 atom stereocenters. The first-order valence-electron chi connectivity index (χ1n) is 1.13. The van der Waals surface area contributed by atoms with Crippen molar-refractivity contribution >= 4 is 12.6 Å². The Kier molecular flexibility index (Phi) is 41.1. The monoisotopic (exact) mass is 304 g/mol. The van der Waals surface area contributed by atoms with Gasteiger partial charge in [-0.3, -0.25) is 0 Å². The van der Waals surface area contributed by atoms with Gasteiger partial charge in [0.15, 0.2) is 0 Å². The van der Waals surface area contributed by atoms with Crippen LogP contribution in [0.2, 0.25) is 0 Å². The molecule has 0 bridgehead atoms. The minimum absolute atomic E-state index is 0. The van der Waals surface area contributed by atoms with E-state index in [1.165, 1.54) is 0 Å². The van der Waals surface area contributed by atoms with Gasteiger partial charge in [0.1, 0.15) is 0 Å². The topological polar surface area (TPSA) is 20.2 Å². The Labute approximate surface area is 87.6 Å². The maximum Gasteiger partial charge on any atom is 1.00 e. The summed E-state index contributed by atoms with van der Waals surface area (Å²) in [5.41, 5.74) is 0. The van der Waals surface area contributed by atoms with Crippen molar-refractivity contribution in [1.29, 1.82) is 0 Å². The van der Waals surface area contributed by atoms with Crippen LogP contribution in [-0.2, 0) is 27.7 Å². The molecule has 0 saturated carbocycles. The molecule has 0 aliphatic rings. The molecule has 0 amide bonds. The first-order chi connectivity index (χ1) is 1.91. The van der Waals surface area contributed by atoms with Crippen molar-refractivity contribution in [2.24, 2.45) is 0 Å². The van der Waals surface area contributed by atoms with Crippen LogP contribution >= 0.6 is 12.6 Å². The summed E-state index contributed by atoms with van der Waals surface area (Å²) in [6, 6.07) is 0. The molecule has 0 radical (unpaired) electrons. The van der Waals surface area contributed by atoms with Gasteiger partial charge in [0.25, 0.3) is 0 Å². The molecule has 0 heterocycles. The zero-order valence-corrected chi connectivity index (χ0v) is 12.4. The molecule has 0 aliphatic heterocycles. The zero-order chi connectivity index (χ0) is 3.41. The summed E-state index contributed by atoms with van der Waals surface area (Å²) in [4.78, 5) is 0. The first kappa shape index (κ1) is 15.7. The number of aliphatic hydroxyl groups excluding tert-OH is 1. The second-order valence-electron chi connectivity index (χ2n) is 0.447. The molecular formula is C2H7HgNaOS. The van der Waals surface area contributed by atoms with Gasteiger partial charge < -0.3 is 6.53 Å². The van der Waals surface area contributed by atoms with E-state index in [2.05, 4.69) is 12.6 Å². The second-order valence-corrected chi connectivity index (χ2v) is 0.894. The molecule has 0 aromatic heterocycles. The predicted molar refractivity (Wildman–Crippen MR) is 22.1 cm³/mol. The Morgan fingerprint density at radius 1 is 1.67 bits per heavy atom. The third-order valence-electron chi connectivity index (χ3n) is 0.1000. The van der Waals surface area contributed by atoms with Crippen LogP contribution in [0.3, 0.4) is 0 Å². The van der Waals surface area contributed by atoms with Gasteiger partial charge in [-0.25, -0.2) is 0 Å². The Bertz CT molecular complexity index is 19.7. The van der Waals surface area contributed by atoms with E-state index in [0.29, 0.717) is 5.75 Å². The van der Waals surface area contributed by atoms with E-state index in [1.807, 2.05) is 0 Å². The molecule has 4 heteroatoms. The van der Waals surface area contributed by atoms with E-state index in [1.54, 1.807) is 0 Å². The molecule has 0 spiro atoms. The van der Waals surface area contributed by atoms with Crippen LogP contribution in [0.25, 0.3) is 0 Å². The molecule has 1 N–H and O–H groups in total. The summed E-state index contributed by atoms with van der Waals surface area (Å²) in [7, 11) is 0. The molecule has 6 heavy (non-hydrogen) atoms. The number of hydrogen-bond acceptors (Lipinski definition) is 2. The average Bonchev–Trinajstić information content (AvgIpc) is 1.37. The molecule has 0 rings (SSSR count).